The van der Waals surface area contributed by atoms with Gasteiger partial charge in [-0.3, -0.25) is 10.3 Å². The van der Waals surface area contributed by atoms with Crippen molar-refractivity contribution in [2.75, 3.05) is 33.0 Å². The fraction of sp³-hybridized carbons (Fsp3) is 0.870. The van der Waals surface area contributed by atoms with Crippen molar-refractivity contribution in [1.29, 1.82) is 0 Å². The van der Waals surface area contributed by atoms with E-state index in [9.17, 15) is 13.0 Å². The van der Waals surface area contributed by atoms with Crippen molar-refractivity contribution in [2.24, 2.45) is 5.73 Å². The Labute approximate surface area is 346 Å². The van der Waals surface area contributed by atoms with Crippen LogP contribution in [-0.2, 0) is 40.2 Å². The summed E-state index contributed by atoms with van der Waals surface area (Å²) in [6.45, 7) is 16.3. The van der Waals surface area contributed by atoms with Gasteiger partial charge in [0, 0.05) is 33.0 Å². The summed E-state index contributed by atoms with van der Waals surface area (Å²) in [5.74, 6) is -2.87. The molecule has 0 aliphatic carbocycles. The number of hydrogen-bond acceptors (Lipinski definition) is 8. The highest BCUT2D eigenvalue weighted by atomic mass is 32.2. The van der Waals surface area contributed by atoms with E-state index in [4.69, 9.17) is 29.4 Å². The Morgan fingerprint density at radius 1 is 0.536 bits per heavy atom. The van der Waals surface area contributed by atoms with Crippen molar-refractivity contribution in [3.8, 4) is 0 Å². The molecule has 1 rings (SSSR count). The van der Waals surface area contributed by atoms with Crippen LogP contribution in [0.15, 0.2) is 29.2 Å². The Kier molecular flexibility index (Phi) is 35.1. The molecule has 1 aromatic rings. The molecule has 0 saturated heterocycles. The van der Waals surface area contributed by atoms with Gasteiger partial charge in [-0.1, -0.05) is 173 Å². The zero-order chi connectivity index (χ0) is 41.8. The van der Waals surface area contributed by atoms with E-state index in [1.165, 1.54) is 128 Å². The molecule has 1 atom stereocenters. The summed E-state index contributed by atoms with van der Waals surface area (Å²) >= 11 is 0. The third-order valence-corrected chi connectivity index (χ3v) is 11.3. The van der Waals surface area contributed by atoms with Crippen LogP contribution in [0, 0.1) is 0 Å². The van der Waals surface area contributed by atoms with Crippen molar-refractivity contribution < 1.29 is 36.7 Å². The normalized spacial score (nSPS) is 12.8. The standard InChI is InChI=1S/C28H59NO5.C18H30O3S/c1-7-13-14-15-16-17-18-19-20-21-22-23-24-25-26(30-8-2)27(31-9-3,32-10-4)28(29,33-11-5)34-12-6;1-2-3-4-5-6-7-8-9-10-11-14-17-15-12-13-16-18(17)22(19,20)21/h26H,7-25,29H2,1-6H3;12-13,15-16H,2-11,14H2,1H3,(H,19,20,21). The minimum atomic E-state index is -4.10. The Morgan fingerprint density at radius 2 is 0.911 bits per heavy atom. The van der Waals surface area contributed by atoms with Crippen LogP contribution in [0.4, 0.5) is 0 Å². The molecular formula is C46H89NO8S. The van der Waals surface area contributed by atoms with Crippen LogP contribution in [0.2, 0.25) is 0 Å². The van der Waals surface area contributed by atoms with E-state index in [1.807, 2.05) is 40.7 Å². The molecule has 0 aliphatic heterocycles. The Morgan fingerprint density at radius 3 is 1.29 bits per heavy atom. The summed E-state index contributed by atoms with van der Waals surface area (Å²) < 4.78 is 62.2. The second-order valence-electron chi connectivity index (χ2n) is 15.1. The molecule has 0 saturated carbocycles. The molecule has 3 N–H and O–H groups in total. The molecule has 1 unspecified atom stereocenters. The van der Waals surface area contributed by atoms with Crippen LogP contribution in [-0.4, -0.2) is 63.8 Å². The minimum Gasteiger partial charge on any atom is -0.373 e. The summed E-state index contributed by atoms with van der Waals surface area (Å²) in [5.41, 5.74) is 7.40. The van der Waals surface area contributed by atoms with Gasteiger partial charge in [-0.15, -0.1) is 0 Å². The van der Waals surface area contributed by atoms with E-state index in [0.29, 0.717) is 39.5 Å². The largest absolute Gasteiger partial charge is 0.373 e. The fourth-order valence-corrected chi connectivity index (χ4v) is 8.20. The average Bonchev–Trinajstić information content (AvgIpc) is 3.17. The lowest BCUT2D eigenvalue weighted by Gasteiger charge is -2.49. The first-order valence-electron chi connectivity index (χ1n) is 23.1. The van der Waals surface area contributed by atoms with Crippen LogP contribution in [0.1, 0.15) is 208 Å². The van der Waals surface area contributed by atoms with Gasteiger partial charge in [0.15, 0.2) is 0 Å². The minimum absolute atomic E-state index is 0.0610. The number of benzene rings is 1. The van der Waals surface area contributed by atoms with Crippen LogP contribution in [0.5, 0.6) is 0 Å². The molecule has 9 nitrogen and oxygen atoms in total. The molecular weight excluding hydrogens is 727 g/mol. The molecule has 0 spiro atoms. The topological polar surface area (TPSA) is 127 Å². The first-order chi connectivity index (χ1) is 27.1. The number of ether oxygens (including phenoxy) is 5. The lowest BCUT2D eigenvalue weighted by molar-refractivity contribution is -0.432. The highest BCUT2D eigenvalue weighted by Crippen LogP contribution is 2.37. The fourth-order valence-electron chi connectivity index (χ4n) is 7.45. The van der Waals surface area contributed by atoms with Crippen molar-refractivity contribution in [1.82, 2.24) is 0 Å². The molecule has 332 valence electrons. The number of aryl methyl sites for hydroxylation is 1. The van der Waals surface area contributed by atoms with Gasteiger partial charge in [0.2, 0.25) is 0 Å². The molecule has 0 fully saturated rings. The molecule has 56 heavy (non-hydrogen) atoms. The maximum Gasteiger partial charge on any atom is 0.294 e. The summed E-state index contributed by atoms with van der Waals surface area (Å²) in [6, 6.07) is 6.73. The van der Waals surface area contributed by atoms with Crippen LogP contribution in [0.3, 0.4) is 0 Å². The first-order valence-corrected chi connectivity index (χ1v) is 24.5. The van der Waals surface area contributed by atoms with Gasteiger partial charge in [0.25, 0.3) is 21.8 Å². The van der Waals surface area contributed by atoms with E-state index in [-0.39, 0.29) is 11.0 Å². The zero-order valence-corrected chi connectivity index (χ0v) is 38.2. The molecule has 0 radical (unpaired) electrons. The van der Waals surface area contributed by atoms with Crippen LogP contribution in [0.25, 0.3) is 0 Å². The number of nitrogens with two attached hydrogens (primary N) is 1. The monoisotopic (exact) mass is 816 g/mol. The van der Waals surface area contributed by atoms with Gasteiger partial charge in [-0.25, -0.2) is 0 Å². The van der Waals surface area contributed by atoms with Crippen molar-refractivity contribution in [2.45, 2.75) is 232 Å². The predicted molar refractivity (Wildman–Crippen MR) is 234 cm³/mol. The Hall–Kier alpha value is -1.11. The highest BCUT2D eigenvalue weighted by Gasteiger charge is 2.59. The van der Waals surface area contributed by atoms with E-state index in [1.54, 1.807) is 12.1 Å². The van der Waals surface area contributed by atoms with Crippen LogP contribution < -0.4 is 5.73 Å². The van der Waals surface area contributed by atoms with E-state index in [2.05, 4.69) is 13.8 Å². The summed E-state index contributed by atoms with van der Waals surface area (Å²) in [5, 5.41) is 0. The lowest BCUT2D eigenvalue weighted by atomic mass is 9.97. The highest BCUT2D eigenvalue weighted by molar-refractivity contribution is 7.85. The smallest absolute Gasteiger partial charge is 0.294 e. The maximum absolute atomic E-state index is 11.3. The molecule has 0 amide bonds. The van der Waals surface area contributed by atoms with Crippen LogP contribution >= 0.6 is 0 Å². The SMILES string of the molecule is CCCCCCCCCCCCCCCC(OCC)C(OCC)(OCC)C(N)(OCC)OCC.CCCCCCCCCCCCc1ccccc1S(=O)(=O)O. The van der Waals surface area contributed by atoms with Gasteiger partial charge < -0.3 is 23.7 Å². The number of unbranched alkanes of at least 4 members (excludes halogenated alkanes) is 21. The second-order valence-corrected chi connectivity index (χ2v) is 16.4. The molecule has 0 bridgehead atoms. The summed E-state index contributed by atoms with van der Waals surface area (Å²) in [4.78, 5) is 0.0610. The summed E-state index contributed by atoms with van der Waals surface area (Å²) in [7, 11) is -4.10. The maximum atomic E-state index is 11.3. The lowest BCUT2D eigenvalue weighted by Crippen LogP contribution is -2.72. The summed E-state index contributed by atoms with van der Waals surface area (Å²) in [6.07, 6.45) is 30.9. The molecule has 0 aliphatic rings. The molecule has 0 aromatic heterocycles. The second kappa shape index (κ2) is 35.8. The molecule has 10 heteroatoms. The predicted octanol–water partition coefficient (Wildman–Crippen LogP) is 12.7. The zero-order valence-electron chi connectivity index (χ0n) is 37.4. The Bertz CT molecular complexity index is 1110. The Balaban J connectivity index is 0.00000118. The van der Waals surface area contributed by atoms with Gasteiger partial charge >= 0.3 is 0 Å². The average molecular weight is 816 g/mol. The van der Waals surface area contributed by atoms with Gasteiger partial charge in [0.05, 0.1) is 4.90 Å². The van der Waals surface area contributed by atoms with E-state index < -0.39 is 21.8 Å². The van der Waals surface area contributed by atoms with Crippen molar-refractivity contribution in [3.63, 3.8) is 0 Å². The van der Waals surface area contributed by atoms with Crippen molar-refractivity contribution >= 4 is 10.1 Å². The quantitative estimate of drug-likeness (QED) is 0.0381. The van der Waals surface area contributed by atoms with Crippen molar-refractivity contribution in [3.05, 3.63) is 29.8 Å². The third-order valence-electron chi connectivity index (χ3n) is 10.3. The van der Waals surface area contributed by atoms with E-state index in [0.717, 1.165) is 37.7 Å². The van der Waals surface area contributed by atoms with E-state index >= 15 is 0 Å². The van der Waals surface area contributed by atoms with Gasteiger partial charge in [-0.2, -0.15) is 8.42 Å². The first kappa shape index (κ1) is 54.9. The number of rotatable bonds is 38. The molecule has 0 heterocycles. The van der Waals surface area contributed by atoms with Gasteiger partial charge in [-0.05, 0) is 65.5 Å². The molecule has 1 aromatic carbocycles. The third kappa shape index (κ3) is 24.1. The number of hydrogen-bond donors (Lipinski definition) is 2. The van der Waals surface area contributed by atoms with Gasteiger partial charge in [0.1, 0.15) is 6.10 Å².